The van der Waals surface area contributed by atoms with Crippen molar-refractivity contribution in [3.8, 4) is 11.5 Å². The number of ether oxygens (including phenoxy) is 3. The van der Waals surface area contributed by atoms with Crippen LogP contribution in [0.2, 0.25) is 0 Å². The summed E-state index contributed by atoms with van der Waals surface area (Å²) in [6.45, 7) is 4.38. The molecule has 0 heterocycles. The zero-order valence-electron chi connectivity index (χ0n) is 17.1. The molecule has 7 heteroatoms. The second-order valence-corrected chi connectivity index (χ2v) is 7.58. The van der Waals surface area contributed by atoms with E-state index in [2.05, 4.69) is 5.32 Å². The number of nitrogens with one attached hydrogen (secondary N) is 1. The first-order valence-electron chi connectivity index (χ1n) is 10.4. The Bertz CT molecular complexity index is 746. The summed E-state index contributed by atoms with van der Waals surface area (Å²) >= 11 is 0. The molecule has 0 aromatic heterocycles. The Labute approximate surface area is 171 Å². The highest BCUT2D eigenvalue weighted by molar-refractivity contribution is 5.93. The molecule has 2 fully saturated rings. The van der Waals surface area contributed by atoms with Gasteiger partial charge in [0.05, 0.1) is 19.1 Å². The average Bonchev–Trinajstić information content (AvgIpc) is 2.68. The fraction of sp³-hybridized carbons (Fsp3) is 0.591. The Balaban J connectivity index is 1.51. The van der Waals surface area contributed by atoms with Gasteiger partial charge in [-0.05, 0) is 51.7 Å². The number of rotatable bonds is 8. The number of anilines is 1. The molecular formula is C22H29NO6. The Morgan fingerprint density at radius 3 is 2.34 bits per heavy atom. The number of hydrogen-bond donors (Lipinski definition) is 1. The highest BCUT2D eigenvalue weighted by atomic mass is 16.5. The molecule has 2 saturated carbocycles. The number of fused-ring (bicyclic) bond motifs is 2. The smallest absolute Gasteiger partial charge is 0.309 e. The van der Waals surface area contributed by atoms with Crippen LogP contribution < -0.4 is 14.8 Å². The van der Waals surface area contributed by atoms with Gasteiger partial charge in [-0.2, -0.15) is 0 Å². The number of esters is 1. The molecule has 0 radical (unpaired) electrons. The van der Waals surface area contributed by atoms with Crippen molar-refractivity contribution in [2.45, 2.75) is 46.0 Å². The molecule has 2 aliphatic rings. The Morgan fingerprint density at radius 2 is 1.69 bits per heavy atom. The molecule has 29 heavy (non-hydrogen) atoms. The maximum atomic E-state index is 12.4. The third kappa shape index (κ3) is 5.28. The highest BCUT2D eigenvalue weighted by Gasteiger charge is 2.41. The molecule has 2 aliphatic carbocycles. The molecule has 2 bridgehead atoms. The largest absolute Gasteiger partial charge is 0.490 e. The molecule has 0 aliphatic heterocycles. The summed E-state index contributed by atoms with van der Waals surface area (Å²) in [7, 11) is 0. The van der Waals surface area contributed by atoms with Crippen molar-refractivity contribution in [3.05, 3.63) is 18.2 Å². The minimum absolute atomic E-state index is 0.0188. The van der Waals surface area contributed by atoms with Crippen LogP contribution in [0.1, 0.15) is 46.0 Å². The van der Waals surface area contributed by atoms with Crippen LogP contribution in [-0.4, -0.2) is 37.5 Å². The molecule has 7 nitrogen and oxygen atoms in total. The molecule has 158 valence electrons. The van der Waals surface area contributed by atoms with Crippen LogP contribution in [0.4, 0.5) is 5.69 Å². The van der Waals surface area contributed by atoms with Crippen LogP contribution in [0.25, 0.3) is 0 Å². The van der Waals surface area contributed by atoms with Crippen LogP contribution in [0.3, 0.4) is 0 Å². The van der Waals surface area contributed by atoms with Crippen LogP contribution in [0, 0.1) is 17.8 Å². The number of hydrogen-bond acceptors (Lipinski definition) is 6. The van der Waals surface area contributed by atoms with Gasteiger partial charge in [0.1, 0.15) is 5.78 Å². The van der Waals surface area contributed by atoms with Crippen molar-refractivity contribution >= 4 is 23.3 Å². The third-order valence-corrected chi connectivity index (χ3v) is 5.55. The van der Waals surface area contributed by atoms with Gasteiger partial charge >= 0.3 is 5.97 Å². The lowest BCUT2D eigenvalue weighted by atomic mass is 9.67. The molecule has 1 aromatic carbocycles. The first kappa shape index (κ1) is 21.1. The van der Waals surface area contributed by atoms with Gasteiger partial charge in [0.25, 0.3) is 5.91 Å². The van der Waals surface area contributed by atoms with E-state index >= 15 is 0 Å². The van der Waals surface area contributed by atoms with Gasteiger partial charge in [0, 0.05) is 23.6 Å². The SMILES string of the molecule is CCOc1ccc(NC(=O)COC(=O)C2C[C@H]3CCC[C@@H](C2)C3=O)cc1OCC. The van der Waals surface area contributed by atoms with E-state index in [9.17, 15) is 14.4 Å². The summed E-state index contributed by atoms with van der Waals surface area (Å²) in [5, 5.41) is 2.71. The van der Waals surface area contributed by atoms with Crippen LogP contribution in [0.5, 0.6) is 11.5 Å². The average molecular weight is 403 g/mol. The van der Waals surface area contributed by atoms with E-state index < -0.39 is 5.91 Å². The second kappa shape index (κ2) is 9.76. The minimum atomic E-state index is -0.419. The number of carbonyl (C=O) groups is 3. The third-order valence-electron chi connectivity index (χ3n) is 5.55. The lowest BCUT2D eigenvalue weighted by Gasteiger charge is -2.36. The van der Waals surface area contributed by atoms with Gasteiger partial charge in [-0.15, -0.1) is 0 Å². The lowest BCUT2D eigenvalue weighted by Crippen LogP contribution is -2.40. The van der Waals surface area contributed by atoms with Crippen molar-refractivity contribution in [2.24, 2.45) is 17.8 Å². The number of amides is 1. The highest BCUT2D eigenvalue weighted by Crippen LogP contribution is 2.40. The van der Waals surface area contributed by atoms with Crippen molar-refractivity contribution in [3.63, 3.8) is 0 Å². The zero-order chi connectivity index (χ0) is 20.8. The van der Waals surface area contributed by atoms with E-state index in [1.54, 1.807) is 18.2 Å². The topological polar surface area (TPSA) is 90.9 Å². The number of benzene rings is 1. The summed E-state index contributed by atoms with van der Waals surface area (Å²) in [6.07, 6.45) is 3.87. The Morgan fingerprint density at radius 1 is 1.03 bits per heavy atom. The molecular weight excluding hydrogens is 374 g/mol. The quantitative estimate of drug-likeness (QED) is 0.670. The maximum absolute atomic E-state index is 12.4. The van der Waals surface area contributed by atoms with Crippen LogP contribution in [0.15, 0.2) is 18.2 Å². The molecule has 0 spiro atoms. The van der Waals surface area contributed by atoms with Crippen LogP contribution >= 0.6 is 0 Å². The molecule has 3 rings (SSSR count). The summed E-state index contributed by atoms with van der Waals surface area (Å²) in [5.74, 6) is 0.330. The van der Waals surface area contributed by atoms with Crippen LogP contribution in [-0.2, 0) is 19.1 Å². The van der Waals surface area contributed by atoms with Crippen molar-refractivity contribution in [1.82, 2.24) is 0 Å². The van der Waals surface area contributed by atoms with Crippen molar-refractivity contribution in [1.29, 1.82) is 0 Å². The fourth-order valence-corrected chi connectivity index (χ4v) is 4.25. The number of Topliss-reactive ketones (excluding diaryl/α,β-unsaturated/α-hetero) is 1. The molecule has 1 N–H and O–H groups in total. The summed E-state index contributed by atoms with van der Waals surface area (Å²) in [6, 6.07) is 5.12. The molecule has 3 atom stereocenters. The number of carbonyl (C=O) groups excluding carboxylic acids is 3. The number of ketones is 1. The van der Waals surface area contributed by atoms with E-state index in [4.69, 9.17) is 14.2 Å². The van der Waals surface area contributed by atoms with Gasteiger partial charge in [0.15, 0.2) is 18.1 Å². The van der Waals surface area contributed by atoms with E-state index in [0.29, 0.717) is 49.0 Å². The second-order valence-electron chi connectivity index (χ2n) is 7.58. The van der Waals surface area contributed by atoms with Gasteiger partial charge in [-0.25, -0.2) is 0 Å². The predicted molar refractivity (Wildman–Crippen MR) is 107 cm³/mol. The van der Waals surface area contributed by atoms with Gasteiger partial charge in [0.2, 0.25) is 0 Å². The normalized spacial score (nSPS) is 23.2. The first-order chi connectivity index (χ1) is 14.0. The van der Waals surface area contributed by atoms with E-state index in [1.807, 2.05) is 13.8 Å². The first-order valence-corrected chi connectivity index (χ1v) is 10.4. The fourth-order valence-electron chi connectivity index (χ4n) is 4.25. The monoisotopic (exact) mass is 403 g/mol. The maximum Gasteiger partial charge on any atom is 0.309 e. The summed E-state index contributed by atoms with van der Waals surface area (Å²) in [5.41, 5.74) is 0.538. The van der Waals surface area contributed by atoms with E-state index in [0.717, 1.165) is 19.3 Å². The standard InChI is InChI=1S/C22H29NO6/c1-3-27-18-9-8-17(12-19(18)28-4-2)23-20(24)13-29-22(26)16-10-14-6-5-7-15(11-16)21(14)25/h8-9,12,14-16H,3-7,10-11,13H2,1-2H3,(H,23,24)/t14-,15+,16?. The molecule has 0 saturated heterocycles. The minimum Gasteiger partial charge on any atom is -0.490 e. The lowest BCUT2D eigenvalue weighted by molar-refractivity contribution is -0.155. The predicted octanol–water partition coefficient (Wildman–Crippen LogP) is 3.36. The molecule has 1 unspecified atom stereocenters. The van der Waals surface area contributed by atoms with Crippen molar-refractivity contribution in [2.75, 3.05) is 25.1 Å². The molecule has 1 aromatic rings. The van der Waals surface area contributed by atoms with E-state index in [1.165, 1.54) is 0 Å². The zero-order valence-corrected chi connectivity index (χ0v) is 17.1. The van der Waals surface area contributed by atoms with Crippen molar-refractivity contribution < 1.29 is 28.6 Å². The van der Waals surface area contributed by atoms with Gasteiger partial charge in [-0.3, -0.25) is 14.4 Å². The van der Waals surface area contributed by atoms with Gasteiger partial charge < -0.3 is 19.5 Å². The summed E-state index contributed by atoms with van der Waals surface area (Å²) in [4.78, 5) is 36.8. The van der Waals surface area contributed by atoms with Gasteiger partial charge in [-0.1, -0.05) is 6.42 Å². The Kier molecular flexibility index (Phi) is 7.12. The summed E-state index contributed by atoms with van der Waals surface area (Å²) < 4.78 is 16.3. The molecule has 1 amide bonds. The Hall–Kier alpha value is -2.57. The van der Waals surface area contributed by atoms with E-state index in [-0.39, 0.29) is 30.3 Å².